The molecule has 0 bridgehead atoms. The quantitative estimate of drug-likeness (QED) is 0.586. The van der Waals surface area contributed by atoms with Gasteiger partial charge in [0.1, 0.15) is 17.9 Å². The Bertz CT molecular complexity index is 703. The molecule has 2 N–H and O–H groups in total. The van der Waals surface area contributed by atoms with Crippen molar-refractivity contribution >= 4 is 5.96 Å². The summed E-state index contributed by atoms with van der Waals surface area (Å²) in [7, 11) is 3.64. The maximum Gasteiger partial charge on any atom is 0.191 e. The van der Waals surface area contributed by atoms with E-state index in [0.717, 1.165) is 30.5 Å². The van der Waals surface area contributed by atoms with E-state index >= 15 is 0 Å². The second-order valence-corrected chi connectivity index (χ2v) is 6.57. The summed E-state index contributed by atoms with van der Waals surface area (Å²) in [6, 6.07) is 8.44. The summed E-state index contributed by atoms with van der Waals surface area (Å²) in [5, 5.41) is 10.6. The van der Waals surface area contributed by atoms with Gasteiger partial charge < -0.3 is 15.4 Å². The Morgan fingerprint density at radius 3 is 2.65 bits per heavy atom. The van der Waals surface area contributed by atoms with Crippen molar-refractivity contribution in [3.63, 3.8) is 0 Å². The number of aliphatic imine (C=N–C) groups is 1. The summed E-state index contributed by atoms with van der Waals surface area (Å²) < 4.78 is 7.76. The maximum absolute atomic E-state index is 6.01. The van der Waals surface area contributed by atoms with Crippen LogP contribution in [0.4, 0.5) is 0 Å². The third kappa shape index (κ3) is 5.21. The fourth-order valence-corrected chi connectivity index (χ4v) is 3.12. The molecule has 1 aliphatic rings. The molecule has 140 valence electrons. The molecule has 0 radical (unpaired) electrons. The number of hydrogen-bond acceptors (Lipinski definition) is 4. The van der Waals surface area contributed by atoms with Crippen LogP contribution in [0, 0.1) is 0 Å². The van der Waals surface area contributed by atoms with Gasteiger partial charge in [-0.2, -0.15) is 5.10 Å². The lowest BCUT2D eigenvalue weighted by atomic mass is 10.1. The molecule has 0 saturated heterocycles. The largest absolute Gasteiger partial charge is 0.490 e. The lowest BCUT2D eigenvalue weighted by molar-refractivity contribution is 0.210. The van der Waals surface area contributed by atoms with E-state index in [1.165, 1.54) is 31.2 Å². The molecule has 26 heavy (non-hydrogen) atoms. The summed E-state index contributed by atoms with van der Waals surface area (Å²) in [5.74, 6) is 2.61. The molecule has 1 fully saturated rings. The summed E-state index contributed by atoms with van der Waals surface area (Å²) in [6.07, 6.45) is 7.84. The van der Waals surface area contributed by atoms with Crippen molar-refractivity contribution in [3.05, 3.63) is 42.0 Å². The molecule has 2 aromatic rings. The highest BCUT2D eigenvalue weighted by atomic mass is 16.5. The molecule has 3 rings (SSSR count). The van der Waals surface area contributed by atoms with Crippen molar-refractivity contribution in [3.8, 4) is 5.75 Å². The van der Waals surface area contributed by atoms with E-state index in [4.69, 9.17) is 4.74 Å². The molecule has 1 aromatic heterocycles. The first-order chi connectivity index (χ1) is 12.7. The fourth-order valence-electron chi connectivity index (χ4n) is 3.12. The van der Waals surface area contributed by atoms with Crippen molar-refractivity contribution < 1.29 is 4.74 Å². The van der Waals surface area contributed by atoms with Crippen molar-refractivity contribution in [1.29, 1.82) is 0 Å². The second-order valence-electron chi connectivity index (χ2n) is 6.57. The number of benzene rings is 1. The van der Waals surface area contributed by atoms with Crippen molar-refractivity contribution in [2.45, 2.75) is 44.8 Å². The third-order valence-electron chi connectivity index (χ3n) is 4.68. The summed E-state index contributed by atoms with van der Waals surface area (Å²) in [6.45, 7) is 1.39. The number of rotatable bonds is 7. The number of nitrogens with one attached hydrogen (secondary N) is 2. The van der Waals surface area contributed by atoms with Crippen molar-refractivity contribution in [2.24, 2.45) is 12.0 Å². The van der Waals surface area contributed by atoms with Crippen LogP contribution >= 0.6 is 0 Å². The molecule has 7 nitrogen and oxygen atoms in total. The predicted octanol–water partition coefficient (Wildman–Crippen LogP) is 2.04. The monoisotopic (exact) mass is 356 g/mol. The molecular formula is C19H28N6O. The molecule has 1 saturated carbocycles. The van der Waals surface area contributed by atoms with E-state index in [0.29, 0.717) is 12.6 Å². The van der Waals surface area contributed by atoms with E-state index in [9.17, 15) is 0 Å². The van der Waals surface area contributed by atoms with Crippen molar-refractivity contribution in [2.75, 3.05) is 13.6 Å². The molecule has 1 heterocycles. The van der Waals surface area contributed by atoms with Gasteiger partial charge in [0.2, 0.25) is 0 Å². The van der Waals surface area contributed by atoms with Crippen LogP contribution < -0.4 is 15.4 Å². The number of nitrogens with zero attached hydrogens (tertiary/aromatic N) is 4. The third-order valence-corrected chi connectivity index (χ3v) is 4.68. The van der Waals surface area contributed by atoms with Crippen LogP contribution in [0.1, 0.15) is 37.1 Å². The predicted molar refractivity (Wildman–Crippen MR) is 102 cm³/mol. The highest BCUT2D eigenvalue weighted by molar-refractivity contribution is 5.79. The highest BCUT2D eigenvalue weighted by Gasteiger charge is 2.16. The molecule has 1 aromatic carbocycles. The molecule has 0 unspecified atom stereocenters. The number of aryl methyl sites for hydroxylation is 1. The SMILES string of the molecule is CN=C(NCCc1ccc(OC2CCCC2)cc1)NCc1ncnn1C. The Balaban J connectivity index is 1.39. The summed E-state index contributed by atoms with van der Waals surface area (Å²) >= 11 is 0. The molecule has 0 spiro atoms. The zero-order valence-corrected chi connectivity index (χ0v) is 15.6. The standard InChI is InChI=1S/C19H28N6O/c1-20-19(22-13-18-23-14-24-25(18)2)21-12-11-15-7-9-17(10-8-15)26-16-5-3-4-6-16/h7-10,14,16H,3-6,11-13H2,1-2H3,(H2,20,21,22). The minimum atomic E-state index is 0.408. The van der Waals surface area contributed by atoms with Gasteiger partial charge in [0.05, 0.1) is 12.6 Å². The zero-order chi connectivity index (χ0) is 18.2. The molecule has 1 aliphatic carbocycles. The fraction of sp³-hybridized carbons (Fsp3) is 0.526. The Morgan fingerprint density at radius 2 is 2.00 bits per heavy atom. The van der Waals surface area contributed by atoms with E-state index in [-0.39, 0.29) is 0 Å². The van der Waals surface area contributed by atoms with Crippen LogP contribution in [0.25, 0.3) is 0 Å². The minimum absolute atomic E-state index is 0.408. The summed E-state index contributed by atoms with van der Waals surface area (Å²) in [4.78, 5) is 8.43. The first-order valence-corrected chi connectivity index (χ1v) is 9.27. The van der Waals surface area contributed by atoms with Gasteiger partial charge in [0.25, 0.3) is 0 Å². The minimum Gasteiger partial charge on any atom is -0.490 e. The van der Waals surface area contributed by atoms with Crippen LogP contribution in [0.5, 0.6) is 5.75 Å². The van der Waals surface area contributed by atoms with Gasteiger partial charge in [-0.25, -0.2) is 4.98 Å². The topological polar surface area (TPSA) is 76.4 Å². The van der Waals surface area contributed by atoms with Crippen LogP contribution in [0.15, 0.2) is 35.6 Å². The van der Waals surface area contributed by atoms with E-state index in [2.05, 4.69) is 50.0 Å². The average Bonchev–Trinajstić information content (AvgIpc) is 3.31. The Labute approximate surface area is 154 Å². The number of aromatic nitrogens is 3. The normalized spacial score (nSPS) is 15.2. The smallest absolute Gasteiger partial charge is 0.191 e. The first kappa shape index (κ1) is 18.2. The van der Waals surface area contributed by atoms with Gasteiger partial charge in [-0.05, 0) is 49.8 Å². The number of hydrogen-bond donors (Lipinski definition) is 2. The van der Waals surface area contributed by atoms with Gasteiger partial charge in [0.15, 0.2) is 5.96 Å². The molecule has 0 aliphatic heterocycles. The van der Waals surface area contributed by atoms with Crippen LogP contribution in [-0.4, -0.2) is 40.4 Å². The molecule has 0 amide bonds. The van der Waals surface area contributed by atoms with Crippen LogP contribution in [0.2, 0.25) is 0 Å². The van der Waals surface area contributed by atoms with Crippen LogP contribution in [0.3, 0.4) is 0 Å². The number of ether oxygens (including phenoxy) is 1. The first-order valence-electron chi connectivity index (χ1n) is 9.27. The van der Waals surface area contributed by atoms with Crippen LogP contribution in [-0.2, 0) is 20.0 Å². The summed E-state index contributed by atoms with van der Waals surface area (Å²) in [5.41, 5.74) is 1.28. The molecule has 7 heteroatoms. The number of guanidine groups is 1. The molecular weight excluding hydrogens is 328 g/mol. The Morgan fingerprint density at radius 1 is 1.23 bits per heavy atom. The second kappa shape index (κ2) is 9.22. The zero-order valence-electron chi connectivity index (χ0n) is 15.6. The van der Waals surface area contributed by atoms with Gasteiger partial charge in [-0.3, -0.25) is 9.67 Å². The van der Waals surface area contributed by atoms with Gasteiger partial charge in [-0.15, -0.1) is 0 Å². The Kier molecular flexibility index (Phi) is 6.46. The lowest BCUT2D eigenvalue weighted by Crippen LogP contribution is -2.38. The van der Waals surface area contributed by atoms with E-state index in [1.807, 2.05) is 7.05 Å². The highest BCUT2D eigenvalue weighted by Crippen LogP contribution is 2.24. The van der Waals surface area contributed by atoms with Gasteiger partial charge in [0, 0.05) is 20.6 Å². The van der Waals surface area contributed by atoms with E-state index in [1.54, 1.807) is 18.1 Å². The lowest BCUT2D eigenvalue weighted by Gasteiger charge is -2.14. The molecule has 0 atom stereocenters. The van der Waals surface area contributed by atoms with Crippen molar-refractivity contribution in [1.82, 2.24) is 25.4 Å². The maximum atomic E-state index is 6.01. The Hall–Kier alpha value is -2.57. The average molecular weight is 356 g/mol. The van der Waals surface area contributed by atoms with E-state index < -0.39 is 0 Å². The van der Waals surface area contributed by atoms with Gasteiger partial charge in [-0.1, -0.05) is 12.1 Å². The van der Waals surface area contributed by atoms with Gasteiger partial charge >= 0.3 is 0 Å².